The number of terminal acetylenes is 1. The predicted octanol–water partition coefficient (Wildman–Crippen LogP) is 1.04. The summed E-state index contributed by atoms with van der Waals surface area (Å²) in [4.78, 5) is 4.87. The minimum Gasteiger partial charge on any atom is -0.290 e. The van der Waals surface area contributed by atoms with E-state index < -0.39 is 21.9 Å². The molecule has 0 aromatic carbocycles. The fraction of sp³-hybridized carbons (Fsp3) is 0.462. The van der Waals surface area contributed by atoms with Crippen LogP contribution in [0.4, 0.5) is 13.2 Å². The fourth-order valence-corrected chi connectivity index (χ4v) is 3.47. The second-order valence-electron chi connectivity index (χ2n) is 4.76. The molecule has 1 fully saturated rings. The van der Waals surface area contributed by atoms with E-state index in [1.165, 1.54) is 4.31 Å². The van der Waals surface area contributed by atoms with Gasteiger partial charge in [0.15, 0.2) is 0 Å². The molecule has 0 bridgehead atoms. The Morgan fingerprint density at radius 2 is 1.86 bits per heavy atom. The van der Waals surface area contributed by atoms with Gasteiger partial charge in [-0.25, -0.2) is 8.42 Å². The molecule has 0 radical (unpaired) electrons. The topological polar surface area (TPSA) is 53.5 Å². The maximum absolute atomic E-state index is 12.4. The van der Waals surface area contributed by atoms with E-state index in [1.54, 1.807) is 0 Å². The molecular weight excluding hydrogens is 319 g/mol. The summed E-state index contributed by atoms with van der Waals surface area (Å²) in [6, 6.07) is 1.60. The van der Waals surface area contributed by atoms with Crippen LogP contribution in [0.3, 0.4) is 0 Å². The lowest BCUT2D eigenvalue weighted by atomic mass is 10.3. The predicted molar refractivity (Wildman–Crippen MR) is 73.3 cm³/mol. The molecule has 0 unspecified atom stereocenters. The average molecular weight is 333 g/mol. The number of hydrogen-bond donors (Lipinski definition) is 0. The van der Waals surface area contributed by atoms with E-state index in [2.05, 4.69) is 10.9 Å². The summed E-state index contributed by atoms with van der Waals surface area (Å²) >= 11 is 0. The third-order valence-electron chi connectivity index (χ3n) is 3.31. The summed E-state index contributed by atoms with van der Waals surface area (Å²) in [5, 5.41) is 0. The van der Waals surface area contributed by atoms with Gasteiger partial charge in [-0.3, -0.25) is 9.88 Å². The molecule has 1 aromatic rings. The van der Waals surface area contributed by atoms with Crippen LogP contribution in [0.25, 0.3) is 0 Å². The normalized spacial score (nSPS) is 18.1. The Morgan fingerprint density at radius 1 is 1.23 bits per heavy atom. The lowest BCUT2D eigenvalue weighted by molar-refractivity contribution is -0.141. The number of piperazine rings is 1. The SMILES string of the molecule is C#CCN1CCN(S(=O)(=O)c2ccc(C(F)(F)F)nc2)CC1. The van der Waals surface area contributed by atoms with Crippen molar-refractivity contribution >= 4 is 10.0 Å². The molecule has 1 aliphatic heterocycles. The Balaban J connectivity index is 2.13. The molecule has 2 rings (SSSR count). The molecule has 0 saturated carbocycles. The van der Waals surface area contributed by atoms with Gasteiger partial charge < -0.3 is 0 Å². The summed E-state index contributed by atoms with van der Waals surface area (Å²) in [6.45, 7) is 1.89. The highest BCUT2D eigenvalue weighted by molar-refractivity contribution is 7.89. The largest absolute Gasteiger partial charge is 0.433 e. The van der Waals surface area contributed by atoms with Crippen LogP contribution in [0.5, 0.6) is 0 Å². The van der Waals surface area contributed by atoms with Crippen molar-refractivity contribution in [3.8, 4) is 12.3 Å². The maximum Gasteiger partial charge on any atom is 0.433 e. The molecule has 120 valence electrons. The van der Waals surface area contributed by atoms with Gasteiger partial charge in [0.1, 0.15) is 10.6 Å². The van der Waals surface area contributed by atoms with Crippen LogP contribution in [0.15, 0.2) is 23.2 Å². The number of nitrogens with zero attached hydrogens (tertiary/aromatic N) is 3. The van der Waals surface area contributed by atoms with Crippen molar-refractivity contribution in [1.29, 1.82) is 0 Å². The Kier molecular flexibility index (Phi) is 4.75. The van der Waals surface area contributed by atoms with Gasteiger partial charge in [-0.05, 0) is 12.1 Å². The van der Waals surface area contributed by atoms with Gasteiger partial charge >= 0.3 is 6.18 Å². The lowest BCUT2D eigenvalue weighted by Crippen LogP contribution is -2.48. The number of pyridine rings is 1. The summed E-state index contributed by atoms with van der Waals surface area (Å²) in [5.41, 5.74) is -1.12. The fourth-order valence-electron chi connectivity index (χ4n) is 2.11. The quantitative estimate of drug-likeness (QED) is 0.776. The monoisotopic (exact) mass is 333 g/mol. The van der Waals surface area contributed by atoms with E-state index in [0.29, 0.717) is 25.7 Å². The Morgan fingerprint density at radius 3 is 2.32 bits per heavy atom. The van der Waals surface area contributed by atoms with E-state index in [9.17, 15) is 21.6 Å². The minimum absolute atomic E-state index is 0.241. The molecular formula is C13H14F3N3O2S. The average Bonchev–Trinajstić information content (AvgIpc) is 2.47. The van der Waals surface area contributed by atoms with Crippen LogP contribution < -0.4 is 0 Å². The molecule has 0 amide bonds. The van der Waals surface area contributed by atoms with E-state index >= 15 is 0 Å². The number of halogens is 3. The van der Waals surface area contributed by atoms with Gasteiger partial charge in [0, 0.05) is 32.4 Å². The van der Waals surface area contributed by atoms with Crippen LogP contribution in [-0.4, -0.2) is 55.3 Å². The number of rotatable bonds is 3. The highest BCUT2D eigenvalue weighted by atomic mass is 32.2. The molecule has 0 aliphatic carbocycles. The lowest BCUT2D eigenvalue weighted by Gasteiger charge is -2.32. The zero-order valence-electron chi connectivity index (χ0n) is 11.5. The molecule has 1 aromatic heterocycles. The molecule has 2 heterocycles. The first-order chi connectivity index (χ1) is 10.2. The van der Waals surface area contributed by atoms with Gasteiger partial charge in [0.05, 0.1) is 6.54 Å². The minimum atomic E-state index is -4.59. The van der Waals surface area contributed by atoms with E-state index in [0.717, 1.165) is 12.3 Å². The Bertz CT molecular complexity index is 657. The highest BCUT2D eigenvalue weighted by Gasteiger charge is 2.34. The highest BCUT2D eigenvalue weighted by Crippen LogP contribution is 2.28. The molecule has 0 N–H and O–H groups in total. The van der Waals surface area contributed by atoms with Crippen molar-refractivity contribution in [3.05, 3.63) is 24.0 Å². The second-order valence-corrected chi connectivity index (χ2v) is 6.70. The zero-order chi connectivity index (χ0) is 16.4. The van der Waals surface area contributed by atoms with Crippen LogP contribution >= 0.6 is 0 Å². The smallest absolute Gasteiger partial charge is 0.290 e. The standard InChI is InChI=1S/C13H14F3N3O2S/c1-2-5-18-6-8-19(9-7-18)22(20,21)11-3-4-12(17-10-11)13(14,15)16/h1,3-4,10H,5-9H2. The van der Waals surface area contributed by atoms with Gasteiger partial charge in [-0.1, -0.05) is 5.92 Å². The molecule has 5 nitrogen and oxygen atoms in total. The van der Waals surface area contributed by atoms with E-state index in [4.69, 9.17) is 6.42 Å². The Hall–Kier alpha value is -1.63. The van der Waals surface area contributed by atoms with Crippen molar-refractivity contribution in [2.75, 3.05) is 32.7 Å². The van der Waals surface area contributed by atoms with Crippen LogP contribution in [0, 0.1) is 12.3 Å². The molecule has 9 heteroatoms. The van der Waals surface area contributed by atoms with Gasteiger partial charge in [0.25, 0.3) is 0 Å². The number of alkyl halides is 3. The molecule has 0 spiro atoms. The van der Waals surface area contributed by atoms with Gasteiger partial charge in [-0.2, -0.15) is 17.5 Å². The van der Waals surface area contributed by atoms with Crippen molar-refractivity contribution in [2.24, 2.45) is 0 Å². The third kappa shape index (κ3) is 3.58. The summed E-state index contributed by atoms with van der Waals surface area (Å²) in [5.74, 6) is 2.48. The number of sulfonamides is 1. The summed E-state index contributed by atoms with van der Waals surface area (Å²) < 4.78 is 63.3. The van der Waals surface area contributed by atoms with E-state index in [1.807, 2.05) is 4.90 Å². The first kappa shape index (κ1) is 16.7. The molecule has 1 aliphatic rings. The summed E-state index contributed by atoms with van der Waals surface area (Å²) in [6.07, 6.45) is 1.34. The van der Waals surface area contributed by atoms with Gasteiger partial charge in [0.2, 0.25) is 10.0 Å². The van der Waals surface area contributed by atoms with Crippen LogP contribution in [0.1, 0.15) is 5.69 Å². The summed E-state index contributed by atoms with van der Waals surface area (Å²) in [7, 11) is -3.84. The molecule has 0 atom stereocenters. The molecule has 22 heavy (non-hydrogen) atoms. The Labute approximate surface area is 126 Å². The van der Waals surface area contributed by atoms with Crippen molar-refractivity contribution in [1.82, 2.24) is 14.2 Å². The first-order valence-electron chi connectivity index (χ1n) is 6.44. The maximum atomic E-state index is 12.4. The number of aromatic nitrogens is 1. The van der Waals surface area contributed by atoms with Crippen molar-refractivity contribution in [3.63, 3.8) is 0 Å². The number of hydrogen-bond acceptors (Lipinski definition) is 4. The van der Waals surface area contributed by atoms with Crippen molar-refractivity contribution < 1.29 is 21.6 Å². The second kappa shape index (κ2) is 6.24. The van der Waals surface area contributed by atoms with Crippen molar-refractivity contribution in [2.45, 2.75) is 11.1 Å². The van der Waals surface area contributed by atoms with Gasteiger partial charge in [-0.15, -0.1) is 6.42 Å². The third-order valence-corrected chi connectivity index (χ3v) is 5.19. The van der Waals surface area contributed by atoms with Crippen LogP contribution in [-0.2, 0) is 16.2 Å². The first-order valence-corrected chi connectivity index (χ1v) is 7.88. The molecule has 1 saturated heterocycles. The van der Waals surface area contributed by atoms with Crippen LogP contribution in [0.2, 0.25) is 0 Å². The van der Waals surface area contributed by atoms with E-state index in [-0.39, 0.29) is 18.0 Å². The zero-order valence-corrected chi connectivity index (χ0v) is 12.4.